The highest BCUT2D eigenvalue weighted by atomic mass is 16.5. The van der Waals surface area contributed by atoms with Crippen LogP contribution in [0.2, 0.25) is 0 Å². The lowest BCUT2D eigenvalue weighted by Crippen LogP contribution is -2.33. The molecule has 0 aromatic carbocycles. The summed E-state index contributed by atoms with van der Waals surface area (Å²) in [6, 6.07) is 0. The maximum Gasteiger partial charge on any atom is 0.0464 e. The van der Waals surface area contributed by atoms with Gasteiger partial charge in [0.1, 0.15) is 0 Å². The third kappa shape index (κ3) is 4.63. The van der Waals surface area contributed by atoms with Crippen molar-refractivity contribution in [3.05, 3.63) is 0 Å². The van der Waals surface area contributed by atoms with Crippen LogP contribution in [-0.2, 0) is 4.74 Å². The van der Waals surface area contributed by atoms with Crippen LogP contribution in [0.3, 0.4) is 0 Å². The van der Waals surface area contributed by atoms with E-state index in [1.165, 1.54) is 0 Å². The molecule has 0 bridgehead atoms. The van der Waals surface area contributed by atoms with Crippen LogP contribution < -0.4 is 5.73 Å². The van der Waals surface area contributed by atoms with Crippen LogP contribution in [0.4, 0.5) is 0 Å². The van der Waals surface area contributed by atoms with Crippen LogP contribution in [-0.4, -0.2) is 20.3 Å². The van der Waals surface area contributed by atoms with Crippen LogP contribution in [0.25, 0.3) is 0 Å². The molecule has 2 N–H and O–H groups in total. The van der Waals surface area contributed by atoms with Crippen molar-refractivity contribution < 1.29 is 4.74 Å². The van der Waals surface area contributed by atoms with E-state index in [1.54, 1.807) is 7.11 Å². The average Bonchev–Trinajstić information content (AvgIpc) is 1.99. The van der Waals surface area contributed by atoms with Crippen molar-refractivity contribution in [3.8, 4) is 0 Å². The zero-order valence-corrected chi connectivity index (χ0v) is 9.76. The predicted molar refractivity (Wildman–Crippen MR) is 57.7 cm³/mol. The van der Waals surface area contributed by atoms with E-state index in [-0.39, 0.29) is 0 Å². The molecular formula is C11H25NO. The molecule has 0 rings (SSSR count). The van der Waals surface area contributed by atoms with E-state index in [2.05, 4.69) is 27.7 Å². The Balaban J connectivity index is 4.07. The van der Waals surface area contributed by atoms with Crippen molar-refractivity contribution in [1.82, 2.24) is 0 Å². The molecule has 0 aliphatic carbocycles. The first-order valence-electron chi connectivity index (χ1n) is 5.12. The van der Waals surface area contributed by atoms with Gasteiger partial charge in [0.25, 0.3) is 0 Å². The van der Waals surface area contributed by atoms with Gasteiger partial charge in [-0.05, 0) is 30.2 Å². The SMILES string of the molecule is COCCC(C)C(CN)C(C)(C)C. The van der Waals surface area contributed by atoms with Crippen molar-refractivity contribution in [2.24, 2.45) is 23.0 Å². The maximum absolute atomic E-state index is 5.79. The minimum atomic E-state index is 0.307. The lowest BCUT2D eigenvalue weighted by atomic mass is 9.73. The molecule has 0 aromatic rings. The molecule has 0 radical (unpaired) electrons. The van der Waals surface area contributed by atoms with Gasteiger partial charge in [-0.25, -0.2) is 0 Å². The topological polar surface area (TPSA) is 35.2 Å². The summed E-state index contributed by atoms with van der Waals surface area (Å²) in [4.78, 5) is 0. The van der Waals surface area contributed by atoms with Crippen LogP contribution >= 0.6 is 0 Å². The molecule has 2 atom stereocenters. The molecule has 0 aromatic heterocycles. The first-order chi connectivity index (χ1) is 5.93. The zero-order valence-electron chi connectivity index (χ0n) is 9.76. The van der Waals surface area contributed by atoms with Crippen LogP contribution in [0, 0.1) is 17.3 Å². The van der Waals surface area contributed by atoms with E-state index in [9.17, 15) is 0 Å². The van der Waals surface area contributed by atoms with Crippen LogP contribution in [0.1, 0.15) is 34.1 Å². The minimum Gasteiger partial charge on any atom is -0.385 e. The van der Waals surface area contributed by atoms with Crippen molar-refractivity contribution in [2.45, 2.75) is 34.1 Å². The fraction of sp³-hybridized carbons (Fsp3) is 1.00. The van der Waals surface area contributed by atoms with Gasteiger partial charge in [-0.2, -0.15) is 0 Å². The summed E-state index contributed by atoms with van der Waals surface area (Å²) >= 11 is 0. The van der Waals surface area contributed by atoms with Crippen molar-refractivity contribution in [3.63, 3.8) is 0 Å². The summed E-state index contributed by atoms with van der Waals surface area (Å²) in [5.41, 5.74) is 6.10. The van der Waals surface area contributed by atoms with Gasteiger partial charge in [0.15, 0.2) is 0 Å². The molecule has 0 aliphatic heterocycles. The molecule has 0 saturated heterocycles. The smallest absolute Gasteiger partial charge is 0.0464 e. The highest BCUT2D eigenvalue weighted by Crippen LogP contribution is 2.32. The molecule has 0 heterocycles. The van der Waals surface area contributed by atoms with Gasteiger partial charge >= 0.3 is 0 Å². The van der Waals surface area contributed by atoms with Crippen molar-refractivity contribution >= 4 is 0 Å². The Bertz CT molecular complexity index is 129. The zero-order chi connectivity index (χ0) is 10.5. The molecule has 80 valence electrons. The maximum atomic E-state index is 5.79. The van der Waals surface area contributed by atoms with E-state index < -0.39 is 0 Å². The fourth-order valence-corrected chi connectivity index (χ4v) is 1.94. The lowest BCUT2D eigenvalue weighted by Gasteiger charge is -2.34. The summed E-state index contributed by atoms with van der Waals surface area (Å²) in [6.45, 7) is 10.7. The number of methoxy groups -OCH3 is 1. The largest absolute Gasteiger partial charge is 0.385 e. The lowest BCUT2D eigenvalue weighted by molar-refractivity contribution is 0.123. The molecular weight excluding hydrogens is 162 g/mol. The Hall–Kier alpha value is -0.0800. The van der Waals surface area contributed by atoms with Gasteiger partial charge < -0.3 is 10.5 Å². The Morgan fingerprint density at radius 2 is 1.85 bits per heavy atom. The van der Waals surface area contributed by atoms with Gasteiger partial charge in [-0.15, -0.1) is 0 Å². The van der Waals surface area contributed by atoms with E-state index in [0.717, 1.165) is 19.6 Å². The molecule has 0 spiro atoms. The molecule has 2 nitrogen and oxygen atoms in total. The van der Waals surface area contributed by atoms with Crippen LogP contribution in [0.5, 0.6) is 0 Å². The van der Waals surface area contributed by atoms with Crippen LogP contribution in [0.15, 0.2) is 0 Å². The number of hydrogen-bond acceptors (Lipinski definition) is 2. The number of nitrogens with two attached hydrogens (primary N) is 1. The van der Waals surface area contributed by atoms with E-state index in [0.29, 0.717) is 17.3 Å². The Labute approximate surface area is 82.8 Å². The van der Waals surface area contributed by atoms with Gasteiger partial charge in [-0.3, -0.25) is 0 Å². The first-order valence-corrected chi connectivity index (χ1v) is 5.12. The highest BCUT2D eigenvalue weighted by Gasteiger charge is 2.27. The molecule has 2 unspecified atom stereocenters. The van der Waals surface area contributed by atoms with Gasteiger partial charge in [-0.1, -0.05) is 27.7 Å². The van der Waals surface area contributed by atoms with E-state index in [4.69, 9.17) is 10.5 Å². The van der Waals surface area contributed by atoms with E-state index >= 15 is 0 Å². The standard InChI is InChI=1S/C11H25NO/c1-9(6-7-13-5)10(8-12)11(2,3)4/h9-10H,6-8,12H2,1-5H3. The normalized spacial score (nSPS) is 17.1. The Morgan fingerprint density at radius 1 is 1.31 bits per heavy atom. The first kappa shape index (κ1) is 12.9. The number of rotatable bonds is 5. The van der Waals surface area contributed by atoms with Gasteiger partial charge in [0, 0.05) is 13.7 Å². The third-order valence-electron chi connectivity index (χ3n) is 2.83. The molecule has 0 fully saturated rings. The monoisotopic (exact) mass is 187 g/mol. The summed E-state index contributed by atoms with van der Waals surface area (Å²) in [7, 11) is 1.75. The predicted octanol–water partition coefficient (Wildman–Crippen LogP) is 2.28. The minimum absolute atomic E-state index is 0.307. The Morgan fingerprint density at radius 3 is 2.15 bits per heavy atom. The number of ether oxygens (including phenoxy) is 1. The second-order valence-corrected chi connectivity index (χ2v) is 4.97. The third-order valence-corrected chi connectivity index (χ3v) is 2.83. The average molecular weight is 187 g/mol. The molecule has 0 amide bonds. The fourth-order valence-electron chi connectivity index (χ4n) is 1.94. The Kier molecular flexibility index (Phi) is 5.57. The summed E-state index contributed by atoms with van der Waals surface area (Å²) in [5.74, 6) is 1.23. The molecule has 0 saturated carbocycles. The van der Waals surface area contributed by atoms with Gasteiger partial charge in [0.05, 0.1) is 0 Å². The molecule has 2 heteroatoms. The van der Waals surface area contributed by atoms with Crippen molar-refractivity contribution in [2.75, 3.05) is 20.3 Å². The number of hydrogen-bond donors (Lipinski definition) is 1. The quantitative estimate of drug-likeness (QED) is 0.716. The summed E-state index contributed by atoms with van der Waals surface area (Å²) in [6.07, 6.45) is 1.11. The highest BCUT2D eigenvalue weighted by molar-refractivity contribution is 4.79. The molecule has 0 aliphatic rings. The second kappa shape index (κ2) is 5.61. The summed E-state index contributed by atoms with van der Waals surface area (Å²) < 4.78 is 5.08. The molecule has 13 heavy (non-hydrogen) atoms. The second-order valence-electron chi connectivity index (χ2n) is 4.97. The summed E-state index contributed by atoms with van der Waals surface area (Å²) in [5, 5.41) is 0. The van der Waals surface area contributed by atoms with Gasteiger partial charge in [0.2, 0.25) is 0 Å². The van der Waals surface area contributed by atoms with Crippen molar-refractivity contribution in [1.29, 1.82) is 0 Å². The van der Waals surface area contributed by atoms with E-state index in [1.807, 2.05) is 0 Å².